The minimum atomic E-state index is -0.265. The van der Waals surface area contributed by atoms with Gasteiger partial charge in [0.15, 0.2) is 0 Å². The number of ether oxygens (including phenoxy) is 1. The molecular formula is C22H25ClN2O4S. The number of esters is 1. The Bertz CT molecular complexity index is 963. The summed E-state index contributed by atoms with van der Waals surface area (Å²) >= 11 is 7.92. The molecule has 1 aromatic carbocycles. The highest BCUT2D eigenvalue weighted by molar-refractivity contribution is 7.20. The Balaban J connectivity index is 1.52. The summed E-state index contributed by atoms with van der Waals surface area (Å²) in [5, 5.41) is 1.59. The summed E-state index contributed by atoms with van der Waals surface area (Å²) in [6.45, 7) is 3.14. The minimum Gasteiger partial charge on any atom is -0.466 e. The van der Waals surface area contributed by atoms with E-state index in [-0.39, 0.29) is 30.2 Å². The van der Waals surface area contributed by atoms with Gasteiger partial charge in [-0.15, -0.1) is 11.3 Å². The zero-order valence-electron chi connectivity index (χ0n) is 17.1. The third kappa shape index (κ3) is 5.21. The van der Waals surface area contributed by atoms with Gasteiger partial charge in [-0.1, -0.05) is 29.8 Å². The number of hydrogen-bond donors (Lipinski definition) is 0. The highest BCUT2D eigenvalue weighted by Gasteiger charge is 2.28. The van der Waals surface area contributed by atoms with E-state index in [0.717, 1.165) is 15.0 Å². The number of thiophene rings is 1. The minimum absolute atomic E-state index is 0.00655. The predicted molar refractivity (Wildman–Crippen MR) is 119 cm³/mol. The van der Waals surface area contributed by atoms with Crippen LogP contribution in [0.3, 0.4) is 0 Å². The summed E-state index contributed by atoms with van der Waals surface area (Å²) in [5.74, 6) is -0.732. The van der Waals surface area contributed by atoms with Gasteiger partial charge in [-0.3, -0.25) is 14.4 Å². The van der Waals surface area contributed by atoms with Gasteiger partial charge < -0.3 is 14.5 Å². The van der Waals surface area contributed by atoms with Crippen LogP contribution in [0.15, 0.2) is 30.3 Å². The average Bonchev–Trinajstić information content (AvgIpc) is 3.08. The molecule has 30 heavy (non-hydrogen) atoms. The number of hydrogen-bond acceptors (Lipinski definition) is 5. The third-order valence-electron chi connectivity index (χ3n) is 5.15. The van der Waals surface area contributed by atoms with Crippen molar-refractivity contribution in [2.75, 3.05) is 33.3 Å². The van der Waals surface area contributed by atoms with Crippen molar-refractivity contribution in [1.29, 1.82) is 0 Å². The lowest BCUT2D eigenvalue weighted by Crippen LogP contribution is -2.45. The molecule has 160 valence electrons. The lowest BCUT2D eigenvalue weighted by atomic mass is 9.97. The molecule has 1 aliphatic rings. The number of carbonyl (C=O) groups excluding carboxylic acids is 3. The Labute approximate surface area is 185 Å². The highest BCUT2D eigenvalue weighted by Crippen LogP contribution is 2.35. The second-order valence-electron chi connectivity index (χ2n) is 7.21. The second-order valence-corrected chi connectivity index (χ2v) is 8.67. The number of benzene rings is 1. The Morgan fingerprint density at radius 1 is 1.27 bits per heavy atom. The molecule has 2 aromatic rings. The van der Waals surface area contributed by atoms with Crippen molar-refractivity contribution in [3.05, 3.63) is 40.2 Å². The van der Waals surface area contributed by atoms with Crippen LogP contribution in [0.2, 0.25) is 5.02 Å². The first-order valence-corrected chi connectivity index (χ1v) is 11.1. The molecule has 0 aliphatic carbocycles. The summed E-state index contributed by atoms with van der Waals surface area (Å²) < 4.78 is 6.11. The molecule has 2 heterocycles. The van der Waals surface area contributed by atoms with Crippen molar-refractivity contribution in [2.24, 2.45) is 5.92 Å². The molecule has 0 atom stereocenters. The van der Waals surface area contributed by atoms with Crippen molar-refractivity contribution in [1.82, 2.24) is 9.80 Å². The number of amides is 2. The number of carbonyl (C=O) groups is 3. The molecule has 6 nitrogen and oxygen atoms in total. The maximum absolute atomic E-state index is 12.5. The number of piperidine rings is 1. The molecule has 1 aliphatic heterocycles. The van der Waals surface area contributed by atoms with Crippen molar-refractivity contribution in [3.63, 3.8) is 0 Å². The molecule has 0 bridgehead atoms. The molecule has 8 heteroatoms. The Morgan fingerprint density at radius 2 is 1.97 bits per heavy atom. The first kappa shape index (κ1) is 22.3. The topological polar surface area (TPSA) is 66.9 Å². The van der Waals surface area contributed by atoms with Crippen molar-refractivity contribution in [2.45, 2.75) is 19.8 Å². The molecular weight excluding hydrogens is 424 g/mol. The summed E-state index contributed by atoms with van der Waals surface area (Å²) in [7, 11) is 1.60. The molecule has 3 rings (SSSR count). The fourth-order valence-corrected chi connectivity index (χ4v) is 4.82. The number of likely N-dealkylation sites (tertiary alicyclic amines) is 1. The third-order valence-corrected chi connectivity index (χ3v) is 6.81. The quantitative estimate of drug-likeness (QED) is 0.497. The van der Waals surface area contributed by atoms with E-state index in [1.54, 1.807) is 24.9 Å². The fourth-order valence-electron chi connectivity index (χ4n) is 3.42. The number of rotatable bonds is 6. The number of fused-ring (bicyclic) bond motifs is 1. The van der Waals surface area contributed by atoms with Crippen molar-refractivity contribution in [3.8, 4) is 0 Å². The van der Waals surface area contributed by atoms with Crippen LogP contribution in [0.4, 0.5) is 0 Å². The van der Waals surface area contributed by atoms with Gasteiger partial charge >= 0.3 is 5.97 Å². The van der Waals surface area contributed by atoms with E-state index in [2.05, 4.69) is 0 Å². The molecule has 2 amide bonds. The van der Waals surface area contributed by atoms with E-state index in [1.807, 2.05) is 24.3 Å². The molecule has 1 aromatic heterocycles. The first-order valence-electron chi connectivity index (χ1n) is 9.95. The standard InChI is InChI=1S/C22H25ClN2O4S/c1-3-29-22(28)15-10-12-25(13-11-15)20(27)14-24(2)19(26)9-8-18-21(23)16-6-4-5-7-17(16)30-18/h4-9,15H,3,10-14H2,1-2H3/b9-8+. The van der Waals surface area contributed by atoms with Gasteiger partial charge in [0.2, 0.25) is 11.8 Å². The number of nitrogens with zero attached hydrogens (tertiary/aromatic N) is 2. The van der Waals surface area contributed by atoms with Crippen LogP contribution in [0, 0.1) is 5.92 Å². The first-order chi connectivity index (χ1) is 14.4. The largest absolute Gasteiger partial charge is 0.466 e. The van der Waals surface area contributed by atoms with Gasteiger partial charge in [-0.25, -0.2) is 0 Å². The molecule has 0 spiro atoms. The van der Waals surface area contributed by atoms with Crippen LogP contribution in [0.25, 0.3) is 16.2 Å². The molecule has 0 radical (unpaired) electrons. The van der Waals surface area contributed by atoms with E-state index in [0.29, 0.717) is 37.6 Å². The monoisotopic (exact) mass is 448 g/mol. The normalized spacial score (nSPS) is 15.0. The highest BCUT2D eigenvalue weighted by atomic mass is 35.5. The Hall–Kier alpha value is -2.38. The van der Waals surface area contributed by atoms with Crippen LogP contribution in [0.1, 0.15) is 24.6 Å². The molecule has 0 N–H and O–H groups in total. The number of likely N-dealkylation sites (N-methyl/N-ethyl adjacent to an activating group) is 1. The number of halogens is 1. The van der Waals surface area contributed by atoms with Crippen molar-refractivity contribution >= 4 is 56.9 Å². The van der Waals surface area contributed by atoms with Gasteiger partial charge in [-0.2, -0.15) is 0 Å². The van der Waals surface area contributed by atoms with Crippen LogP contribution in [-0.4, -0.2) is 60.9 Å². The van der Waals surface area contributed by atoms with Gasteiger partial charge in [0, 0.05) is 41.2 Å². The van der Waals surface area contributed by atoms with E-state index < -0.39 is 0 Å². The fraction of sp³-hybridized carbons (Fsp3) is 0.409. The van der Waals surface area contributed by atoms with Crippen LogP contribution >= 0.6 is 22.9 Å². The van der Waals surface area contributed by atoms with Gasteiger partial charge in [0.05, 0.1) is 24.1 Å². The second kappa shape index (κ2) is 10.1. The van der Waals surface area contributed by atoms with Crippen molar-refractivity contribution < 1.29 is 19.1 Å². The summed E-state index contributed by atoms with van der Waals surface area (Å²) in [6, 6.07) is 7.81. The molecule has 1 saturated heterocycles. The maximum Gasteiger partial charge on any atom is 0.309 e. The SMILES string of the molecule is CCOC(=O)C1CCN(C(=O)CN(C)C(=O)/C=C/c2sc3ccccc3c2Cl)CC1. The summed E-state index contributed by atoms with van der Waals surface area (Å²) in [6.07, 6.45) is 4.32. The predicted octanol–water partition coefficient (Wildman–Crippen LogP) is 3.83. The molecule has 0 unspecified atom stereocenters. The summed E-state index contributed by atoms with van der Waals surface area (Å²) in [5.41, 5.74) is 0. The molecule has 1 fully saturated rings. The smallest absolute Gasteiger partial charge is 0.309 e. The lowest BCUT2D eigenvalue weighted by molar-refractivity contribution is -0.151. The van der Waals surface area contributed by atoms with Crippen LogP contribution in [0.5, 0.6) is 0 Å². The van der Waals surface area contributed by atoms with Gasteiger partial charge in [0.25, 0.3) is 0 Å². The van der Waals surface area contributed by atoms with Crippen LogP contribution < -0.4 is 0 Å². The van der Waals surface area contributed by atoms with E-state index >= 15 is 0 Å². The summed E-state index contributed by atoms with van der Waals surface area (Å²) in [4.78, 5) is 40.7. The zero-order valence-corrected chi connectivity index (χ0v) is 18.7. The Morgan fingerprint density at radius 3 is 2.63 bits per heavy atom. The Kier molecular flexibility index (Phi) is 7.50. The van der Waals surface area contributed by atoms with E-state index in [1.165, 1.54) is 22.3 Å². The van der Waals surface area contributed by atoms with Gasteiger partial charge in [0.1, 0.15) is 0 Å². The lowest BCUT2D eigenvalue weighted by Gasteiger charge is -2.32. The van der Waals surface area contributed by atoms with E-state index in [4.69, 9.17) is 16.3 Å². The van der Waals surface area contributed by atoms with Crippen LogP contribution in [-0.2, 0) is 19.1 Å². The average molecular weight is 449 g/mol. The maximum atomic E-state index is 12.5. The molecule has 0 saturated carbocycles. The van der Waals surface area contributed by atoms with E-state index in [9.17, 15) is 14.4 Å². The van der Waals surface area contributed by atoms with Gasteiger partial charge in [-0.05, 0) is 31.9 Å². The zero-order chi connectivity index (χ0) is 21.7.